The number of nitrogens with zero attached hydrogens (tertiary/aromatic N) is 2. The molecule has 0 bridgehead atoms. The van der Waals surface area contributed by atoms with Gasteiger partial charge in [-0.05, 0) is 25.7 Å². The van der Waals surface area contributed by atoms with Gasteiger partial charge in [0.1, 0.15) is 13.1 Å². The smallest absolute Gasteiger partial charge is 0.170 e. The molecule has 0 fully saturated rings. The van der Waals surface area contributed by atoms with Gasteiger partial charge in [-0.2, -0.15) is 0 Å². The average molecular weight is 713 g/mol. The molecule has 2 aromatic heterocycles. The first-order valence-electron chi connectivity index (χ1n) is 17.3. The Morgan fingerprint density at radius 3 is 1.00 bits per heavy atom. The summed E-state index contributed by atoms with van der Waals surface area (Å²) in [6, 6.07) is 8.91. The van der Waals surface area contributed by atoms with E-state index in [-0.39, 0.29) is 34.0 Å². The van der Waals surface area contributed by atoms with Crippen LogP contribution >= 0.6 is 0 Å². The molecule has 0 unspecified atom stereocenters. The molecule has 0 saturated heterocycles. The second kappa shape index (κ2) is 29.9. The third-order valence-electron chi connectivity index (χ3n) is 8.08. The number of unbranched alkanes of at least 4 members (excludes halogenated alkanes) is 17. The van der Waals surface area contributed by atoms with E-state index in [0.29, 0.717) is 0 Å². The van der Waals surface area contributed by atoms with E-state index in [4.69, 9.17) is 0 Å². The number of pyridine rings is 2. The van der Waals surface area contributed by atoms with Gasteiger partial charge in [-0.25, -0.2) is 9.13 Å². The number of nitrogens with one attached hydrogen (secondary N) is 2. The molecule has 242 valence electrons. The number of aromatic nitrogens is 2. The van der Waals surface area contributed by atoms with Crippen molar-refractivity contribution in [3.05, 3.63) is 49.1 Å². The van der Waals surface area contributed by atoms with Gasteiger partial charge < -0.3 is 44.6 Å². The van der Waals surface area contributed by atoms with Crippen molar-refractivity contribution >= 4 is 11.4 Å². The molecule has 0 spiro atoms. The van der Waals surface area contributed by atoms with Crippen LogP contribution in [0.4, 0.5) is 11.4 Å². The first kappa shape index (κ1) is 40.9. The fraction of sp³-hybridized carbons (Fsp3) is 0.722. The standard InChI is InChI=1S/C36H62N4.2BrH/c1-3-5-7-19-27-37-35-23-31-39(32-24-35)29-21-17-15-13-11-9-10-12-14-16-18-22-30-40-33-25-36(26-34-40)38-28-20-8-6-4-2;;/h23-26,31-34H,3-22,27-30H2,1-2H3;2*1H. The van der Waals surface area contributed by atoms with Crippen LogP contribution in [0.1, 0.15) is 142 Å². The van der Waals surface area contributed by atoms with Gasteiger partial charge in [-0.15, -0.1) is 0 Å². The van der Waals surface area contributed by atoms with Gasteiger partial charge in [-0.1, -0.05) is 104 Å². The minimum Gasteiger partial charge on any atom is -1.00 e. The van der Waals surface area contributed by atoms with Crippen LogP contribution in [0.25, 0.3) is 0 Å². The lowest BCUT2D eigenvalue weighted by molar-refractivity contribution is -0.697. The van der Waals surface area contributed by atoms with E-state index < -0.39 is 0 Å². The summed E-state index contributed by atoms with van der Waals surface area (Å²) in [5, 5.41) is 7.10. The molecule has 0 radical (unpaired) electrons. The molecule has 42 heavy (non-hydrogen) atoms. The maximum atomic E-state index is 3.55. The zero-order valence-corrected chi connectivity index (χ0v) is 30.4. The van der Waals surface area contributed by atoms with E-state index in [0.717, 1.165) is 26.2 Å². The molecule has 2 heterocycles. The lowest BCUT2D eigenvalue weighted by Gasteiger charge is -2.05. The molecule has 0 aliphatic carbocycles. The van der Waals surface area contributed by atoms with E-state index in [1.807, 2.05) is 0 Å². The van der Waals surface area contributed by atoms with Crippen molar-refractivity contribution in [1.29, 1.82) is 0 Å². The van der Waals surface area contributed by atoms with E-state index >= 15 is 0 Å². The van der Waals surface area contributed by atoms with Crippen molar-refractivity contribution in [2.45, 2.75) is 155 Å². The summed E-state index contributed by atoms with van der Waals surface area (Å²) < 4.78 is 4.68. The molecule has 0 atom stereocenters. The number of anilines is 2. The number of hydrogen-bond acceptors (Lipinski definition) is 2. The van der Waals surface area contributed by atoms with Crippen molar-refractivity contribution in [2.24, 2.45) is 0 Å². The van der Waals surface area contributed by atoms with Crippen LogP contribution in [0.15, 0.2) is 49.1 Å². The van der Waals surface area contributed by atoms with Gasteiger partial charge in [-0.3, -0.25) is 0 Å². The monoisotopic (exact) mass is 710 g/mol. The Morgan fingerprint density at radius 2 is 0.690 bits per heavy atom. The number of rotatable bonds is 27. The second-order valence-electron chi connectivity index (χ2n) is 11.9. The Balaban J connectivity index is 0.00000840. The molecule has 6 heteroatoms. The van der Waals surface area contributed by atoms with Crippen LogP contribution in [0.3, 0.4) is 0 Å². The SMILES string of the molecule is CCCCCCNc1cc[n+](CCCCCCCCCCCCCC[n+]2ccc(NCCCCCC)cc2)cc1.[Br-].[Br-]. The Bertz CT molecular complexity index is 745. The van der Waals surface area contributed by atoms with Crippen LogP contribution in [0, 0.1) is 0 Å². The highest BCUT2D eigenvalue weighted by atomic mass is 79.9. The largest absolute Gasteiger partial charge is 1.00 e. The van der Waals surface area contributed by atoms with Gasteiger partial charge in [0.25, 0.3) is 0 Å². The number of hydrogen-bond donors (Lipinski definition) is 2. The molecule has 2 N–H and O–H groups in total. The van der Waals surface area contributed by atoms with E-state index in [1.54, 1.807) is 0 Å². The number of halogens is 2. The predicted molar refractivity (Wildman–Crippen MR) is 174 cm³/mol. The lowest BCUT2D eigenvalue weighted by atomic mass is 10.1. The molecule has 2 aromatic rings. The summed E-state index contributed by atoms with van der Waals surface area (Å²) >= 11 is 0. The summed E-state index contributed by atoms with van der Waals surface area (Å²) in [6.07, 6.45) is 36.1. The number of aryl methyl sites for hydroxylation is 2. The van der Waals surface area contributed by atoms with Crippen LogP contribution in [0.2, 0.25) is 0 Å². The van der Waals surface area contributed by atoms with Gasteiger partial charge in [0.2, 0.25) is 0 Å². The second-order valence-corrected chi connectivity index (χ2v) is 11.9. The highest BCUT2D eigenvalue weighted by Gasteiger charge is 2.03. The van der Waals surface area contributed by atoms with Crippen LogP contribution in [-0.4, -0.2) is 13.1 Å². The van der Waals surface area contributed by atoms with Gasteiger partial charge in [0.05, 0.1) is 0 Å². The first-order chi connectivity index (χ1) is 19.8. The fourth-order valence-electron chi connectivity index (χ4n) is 5.37. The highest BCUT2D eigenvalue weighted by Crippen LogP contribution is 2.12. The molecule has 4 nitrogen and oxygen atoms in total. The minimum atomic E-state index is 0. The third-order valence-corrected chi connectivity index (χ3v) is 8.08. The Hall–Kier alpha value is -1.14. The fourth-order valence-corrected chi connectivity index (χ4v) is 5.37. The van der Waals surface area contributed by atoms with Crippen molar-refractivity contribution in [3.8, 4) is 0 Å². The molecule has 0 amide bonds. The van der Waals surface area contributed by atoms with Gasteiger partial charge in [0, 0.05) is 61.6 Å². The lowest BCUT2D eigenvalue weighted by Crippen LogP contribution is -3.00. The molecular formula is C36H64Br2N4. The highest BCUT2D eigenvalue weighted by molar-refractivity contribution is 5.40. The van der Waals surface area contributed by atoms with Crippen LogP contribution in [0.5, 0.6) is 0 Å². The predicted octanol–water partition coefficient (Wildman–Crippen LogP) is 3.64. The van der Waals surface area contributed by atoms with Gasteiger partial charge in [0.15, 0.2) is 24.8 Å². The summed E-state index contributed by atoms with van der Waals surface area (Å²) in [7, 11) is 0. The maximum Gasteiger partial charge on any atom is 0.170 e. The van der Waals surface area contributed by atoms with E-state index in [1.165, 1.54) is 140 Å². The van der Waals surface area contributed by atoms with E-state index in [9.17, 15) is 0 Å². The van der Waals surface area contributed by atoms with Crippen LogP contribution in [-0.2, 0) is 13.1 Å². The Labute approximate surface area is 281 Å². The minimum absolute atomic E-state index is 0. The molecular weight excluding hydrogens is 648 g/mol. The van der Waals surface area contributed by atoms with Crippen LogP contribution < -0.4 is 53.7 Å². The third kappa shape index (κ3) is 22.4. The molecule has 0 aliphatic heterocycles. The van der Waals surface area contributed by atoms with Crippen molar-refractivity contribution in [3.63, 3.8) is 0 Å². The summed E-state index contributed by atoms with van der Waals surface area (Å²) in [4.78, 5) is 0. The summed E-state index contributed by atoms with van der Waals surface area (Å²) in [5.74, 6) is 0. The Morgan fingerprint density at radius 1 is 0.405 bits per heavy atom. The van der Waals surface area contributed by atoms with Crippen molar-refractivity contribution in [2.75, 3.05) is 23.7 Å². The Kier molecular flexibility index (Phi) is 29.1. The quantitative estimate of drug-likeness (QED) is 0.110. The molecule has 2 rings (SSSR count). The average Bonchev–Trinajstić information content (AvgIpc) is 2.98. The summed E-state index contributed by atoms with van der Waals surface area (Å²) in [6.45, 7) is 9.02. The molecule has 0 saturated carbocycles. The molecule has 0 aliphatic rings. The zero-order valence-electron chi connectivity index (χ0n) is 27.2. The normalized spacial score (nSPS) is 10.6. The van der Waals surface area contributed by atoms with E-state index in [2.05, 4.69) is 82.7 Å². The maximum absolute atomic E-state index is 3.55. The van der Waals surface area contributed by atoms with Gasteiger partial charge >= 0.3 is 0 Å². The van der Waals surface area contributed by atoms with Crippen molar-refractivity contribution < 1.29 is 43.1 Å². The zero-order chi connectivity index (χ0) is 28.4. The topological polar surface area (TPSA) is 31.8 Å². The summed E-state index contributed by atoms with van der Waals surface area (Å²) in [5.41, 5.74) is 2.52. The molecule has 0 aromatic carbocycles. The van der Waals surface area contributed by atoms with Crippen molar-refractivity contribution in [1.82, 2.24) is 0 Å². The first-order valence-corrected chi connectivity index (χ1v) is 17.3.